The summed E-state index contributed by atoms with van der Waals surface area (Å²) in [6, 6.07) is 5.86. The number of hydrogen-bond donors (Lipinski definition) is 0. The first-order valence-electron chi connectivity index (χ1n) is 4.29. The van der Waals surface area contributed by atoms with Gasteiger partial charge in [0.15, 0.2) is 0 Å². The molecule has 1 radical (unpaired) electrons. The number of halogens is 1. The fourth-order valence-corrected chi connectivity index (χ4v) is 0.918. The van der Waals surface area contributed by atoms with Crippen molar-refractivity contribution in [3.8, 4) is 11.8 Å². The van der Waals surface area contributed by atoms with Gasteiger partial charge in [0, 0.05) is 6.07 Å². The Bertz CT molecular complexity index is 355. The second-order valence-corrected chi connectivity index (χ2v) is 3.17. The van der Waals surface area contributed by atoms with Gasteiger partial charge in [-0.2, -0.15) is 5.26 Å². The SMILES string of the molecule is [CH2]C(C)COc1ccc(F)c(C#N)c1. The summed E-state index contributed by atoms with van der Waals surface area (Å²) in [5, 5.41) is 8.56. The molecule has 2 nitrogen and oxygen atoms in total. The molecule has 1 rings (SSSR count). The highest BCUT2D eigenvalue weighted by Crippen LogP contribution is 2.16. The Kier molecular flexibility index (Phi) is 3.47. The third-order valence-electron chi connectivity index (χ3n) is 1.59. The fraction of sp³-hybridized carbons (Fsp3) is 0.273. The largest absolute Gasteiger partial charge is 0.493 e. The van der Waals surface area contributed by atoms with E-state index in [1.54, 1.807) is 6.07 Å². The molecule has 0 aliphatic heterocycles. The van der Waals surface area contributed by atoms with E-state index in [9.17, 15) is 4.39 Å². The van der Waals surface area contributed by atoms with Crippen LogP contribution in [0.4, 0.5) is 4.39 Å². The summed E-state index contributed by atoms with van der Waals surface area (Å²) >= 11 is 0. The number of nitrogens with zero attached hydrogens (tertiary/aromatic N) is 1. The first-order valence-corrected chi connectivity index (χ1v) is 4.29. The molecule has 0 saturated heterocycles. The fourth-order valence-electron chi connectivity index (χ4n) is 0.918. The molecule has 1 aromatic carbocycles. The van der Waals surface area contributed by atoms with E-state index in [0.29, 0.717) is 12.4 Å². The first-order chi connectivity index (χ1) is 6.63. The lowest BCUT2D eigenvalue weighted by Gasteiger charge is -2.08. The minimum absolute atomic E-state index is 0.000727. The summed E-state index contributed by atoms with van der Waals surface area (Å²) < 4.78 is 18.2. The summed E-state index contributed by atoms with van der Waals surface area (Å²) in [7, 11) is 0. The molecule has 0 saturated carbocycles. The summed E-state index contributed by atoms with van der Waals surface area (Å²) in [5.41, 5.74) is -0.000727. The van der Waals surface area contributed by atoms with Gasteiger partial charge in [0.05, 0.1) is 12.2 Å². The van der Waals surface area contributed by atoms with Gasteiger partial charge in [-0.15, -0.1) is 0 Å². The molecular formula is C11H11FNO. The van der Waals surface area contributed by atoms with E-state index in [-0.39, 0.29) is 11.5 Å². The van der Waals surface area contributed by atoms with Gasteiger partial charge in [0.25, 0.3) is 0 Å². The van der Waals surface area contributed by atoms with Gasteiger partial charge in [0.2, 0.25) is 0 Å². The molecule has 0 heterocycles. The normalized spacial score (nSPS) is 9.93. The van der Waals surface area contributed by atoms with Crippen LogP contribution in [0.25, 0.3) is 0 Å². The Morgan fingerprint density at radius 1 is 1.64 bits per heavy atom. The molecule has 0 spiro atoms. The molecule has 73 valence electrons. The van der Waals surface area contributed by atoms with E-state index in [1.807, 2.05) is 6.92 Å². The second kappa shape index (κ2) is 4.61. The molecule has 3 heteroatoms. The van der Waals surface area contributed by atoms with E-state index in [2.05, 4.69) is 6.92 Å². The predicted octanol–water partition coefficient (Wildman–Crippen LogP) is 2.55. The van der Waals surface area contributed by atoms with Crippen molar-refractivity contribution in [1.29, 1.82) is 5.26 Å². The van der Waals surface area contributed by atoms with Gasteiger partial charge >= 0.3 is 0 Å². The summed E-state index contributed by atoms with van der Waals surface area (Å²) in [5.74, 6) is 0.131. The van der Waals surface area contributed by atoms with Gasteiger partial charge in [0.1, 0.15) is 17.6 Å². The van der Waals surface area contributed by atoms with Crippen LogP contribution in [0.2, 0.25) is 0 Å². The van der Waals surface area contributed by atoms with E-state index >= 15 is 0 Å². The van der Waals surface area contributed by atoms with Crippen LogP contribution < -0.4 is 4.74 Å². The Morgan fingerprint density at radius 3 is 2.93 bits per heavy atom. The van der Waals surface area contributed by atoms with E-state index in [1.165, 1.54) is 18.2 Å². The maximum atomic E-state index is 12.9. The van der Waals surface area contributed by atoms with Gasteiger partial charge < -0.3 is 4.74 Å². The summed E-state index contributed by atoms with van der Waals surface area (Å²) in [6.07, 6.45) is 0. The zero-order chi connectivity index (χ0) is 10.6. The molecule has 0 fully saturated rings. The van der Waals surface area contributed by atoms with E-state index in [0.717, 1.165) is 0 Å². The Hall–Kier alpha value is -1.56. The number of ether oxygens (including phenoxy) is 1. The number of nitriles is 1. The van der Waals surface area contributed by atoms with Crippen molar-refractivity contribution < 1.29 is 9.13 Å². The third-order valence-corrected chi connectivity index (χ3v) is 1.59. The maximum Gasteiger partial charge on any atom is 0.141 e. The van der Waals surface area contributed by atoms with Gasteiger partial charge in [-0.05, 0) is 25.0 Å². The number of rotatable bonds is 3. The second-order valence-electron chi connectivity index (χ2n) is 3.17. The van der Waals surface area contributed by atoms with Crippen LogP contribution in [0.3, 0.4) is 0 Å². The van der Waals surface area contributed by atoms with Crippen LogP contribution in [-0.4, -0.2) is 6.61 Å². The number of hydrogen-bond acceptors (Lipinski definition) is 2. The van der Waals surface area contributed by atoms with Crippen molar-refractivity contribution in [2.75, 3.05) is 6.61 Å². The van der Waals surface area contributed by atoms with Crippen molar-refractivity contribution in [3.05, 3.63) is 36.5 Å². The molecule has 0 amide bonds. The molecule has 1 atom stereocenters. The van der Waals surface area contributed by atoms with Crippen LogP contribution in [-0.2, 0) is 0 Å². The van der Waals surface area contributed by atoms with Crippen molar-refractivity contribution in [3.63, 3.8) is 0 Å². The minimum Gasteiger partial charge on any atom is -0.493 e. The maximum absolute atomic E-state index is 12.9. The Labute approximate surface area is 82.9 Å². The van der Waals surface area contributed by atoms with Gasteiger partial charge in [-0.1, -0.05) is 6.92 Å². The topological polar surface area (TPSA) is 33.0 Å². The predicted molar refractivity (Wildman–Crippen MR) is 51.1 cm³/mol. The van der Waals surface area contributed by atoms with Gasteiger partial charge in [-0.3, -0.25) is 0 Å². The van der Waals surface area contributed by atoms with Crippen LogP contribution in [0.15, 0.2) is 18.2 Å². The Balaban J connectivity index is 2.76. The highest BCUT2D eigenvalue weighted by Gasteiger charge is 2.03. The Morgan fingerprint density at radius 2 is 2.36 bits per heavy atom. The molecule has 0 aliphatic rings. The summed E-state index contributed by atoms with van der Waals surface area (Å²) in [6.45, 7) is 6.12. The molecule has 0 aromatic heterocycles. The zero-order valence-corrected chi connectivity index (χ0v) is 7.96. The number of benzene rings is 1. The van der Waals surface area contributed by atoms with E-state index < -0.39 is 5.82 Å². The zero-order valence-electron chi connectivity index (χ0n) is 7.96. The molecule has 0 N–H and O–H groups in total. The van der Waals surface area contributed by atoms with Crippen LogP contribution >= 0.6 is 0 Å². The quantitative estimate of drug-likeness (QED) is 0.737. The highest BCUT2D eigenvalue weighted by molar-refractivity contribution is 5.37. The van der Waals surface area contributed by atoms with Crippen molar-refractivity contribution >= 4 is 0 Å². The highest BCUT2D eigenvalue weighted by atomic mass is 19.1. The van der Waals surface area contributed by atoms with Crippen LogP contribution in [0.5, 0.6) is 5.75 Å². The molecule has 0 aliphatic carbocycles. The third kappa shape index (κ3) is 2.74. The average Bonchev–Trinajstić information content (AvgIpc) is 2.16. The first kappa shape index (κ1) is 10.5. The van der Waals surface area contributed by atoms with Crippen molar-refractivity contribution in [2.45, 2.75) is 6.92 Å². The molecule has 1 aromatic rings. The minimum atomic E-state index is -0.525. The van der Waals surface area contributed by atoms with Crippen LogP contribution in [0.1, 0.15) is 12.5 Å². The molecule has 14 heavy (non-hydrogen) atoms. The summed E-state index contributed by atoms with van der Waals surface area (Å²) in [4.78, 5) is 0. The van der Waals surface area contributed by atoms with Gasteiger partial charge in [-0.25, -0.2) is 4.39 Å². The van der Waals surface area contributed by atoms with Crippen molar-refractivity contribution in [1.82, 2.24) is 0 Å². The smallest absolute Gasteiger partial charge is 0.141 e. The lowest BCUT2D eigenvalue weighted by Crippen LogP contribution is -2.04. The van der Waals surface area contributed by atoms with Crippen molar-refractivity contribution in [2.24, 2.45) is 5.92 Å². The molecular weight excluding hydrogens is 181 g/mol. The monoisotopic (exact) mass is 192 g/mol. The van der Waals surface area contributed by atoms with Crippen LogP contribution in [0, 0.1) is 30.0 Å². The van der Waals surface area contributed by atoms with E-state index in [4.69, 9.17) is 10.00 Å². The average molecular weight is 192 g/mol. The molecule has 0 bridgehead atoms. The lowest BCUT2D eigenvalue weighted by molar-refractivity contribution is 0.283. The molecule has 1 unspecified atom stereocenters. The lowest BCUT2D eigenvalue weighted by atomic mass is 10.2. The standard InChI is InChI=1S/C11H11FNO/c1-8(2)7-14-10-3-4-11(12)9(5-10)6-13/h3-5,8H,1,7H2,2H3.